The van der Waals surface area contributed by atoms with Crippen LogP contribution in [0.5, 0.6) is 0 Å². The summed E-state index contributed by atoms with van der Waals surface area (Å²) >= 11 is 0. The summed E-state index contributed by atoms with van der Waals surface area (Å²) in [7, 11) is 2.08. The van der Waals surface area contributed by atoms with Crippen LogP contribution in [0.2, 0.25) is 0 Å². The van der Waals surface area contributed by atoms with Crippen LogP contribution >= 0.6 is 0 Å². The first kappa shape index (κ1) is 15.6. The zero-order chi connectivity index (χ0) is 16.7. The van der Waals surface area contributed by atoms with E-state index in [0.29, 0.717) is 13.1 Å². The average molecular weight is 327 g/mol. The Morgan fingerprint density at radius 1 is 1.00 bits per heavy atom. The maximum absolute atomic E-state index is 13.3. The molecule has 2 amide bonds. The number of nitrogens with zero attached hydrogens (tertiary/aromatic N) is 3. The minimum Gasteiger partial charge on any atom is -0.342 e. The second kappa shape index (κ2) is 5.88. The summed E-state index contributed by atoms with van der Waals surface area (Å²) in [6, 6.07) is 9.42. The molecule has 3 saturated heterocycles. The molecule has 3 heterocycles. The first-order chi connectivity index (χ1) is 11.6. The van der Waals surface area contributed by atoms with Gasteiger partial charge in [0.05, 0.1) is 5.41 Å². The lowest BCUT2D eigenvalue weighted by molar-refractivity contribution is -0.141. The van der Waals surface area contributed by atoms with E-state index in [1.54, 1.807) is 0 Å². The van der Waals surface area contributed by atoms with Crippen molar-refractivity contribution in [2.45, 2.75) is 12.8 Å². The zero-order valence-electron chi connectivity index (χ0n) is 14.3. The Kier molecular flexibility index (Phi) is 3.83. The molecule has 4 rings (SSSR count). The number of benzene rings is 1. The van der Waals surface area contributed by atoms with Crippen LogP contribution in [0.3, 0.4) is 0 Å². The fourth-order valence-electron chi connectivity index (χ4n) is 4.77. The second-order valence-corrected chi connectivity index (χ2v) is 7.60. The smallest absolute Gasteiger partial charge is 0.253 e. The molecule has 128 valence electrons. The molecule has 0 radical (unpaired) electrons. The van der Waals surface area contributed by atoms with Crippen LogP contribution in [0.15, 0.2) is 30.3 Å². The monoisotopic (exact) mass is 327 g/mol. The molecule has 0 unspecified atom stereocenters. The van der Waals surface area contributed by atoms with E-state index in [-0.39, 0.29) is 17.7 Å². The first-order valence-electron chi connectivity index (χ1n) is 8.92. The fraction of sp³-hybridized carbons (Fsp3) is 0.579. The maximum atomic E-state index is 13.3. The lowest BCUT2D eigenvalue weighted by Crippen LogP contribution is -2.48. The van der Waals surface area contributed by atoms with Crippen molar-refractivity contribution in [2.75, 3.05) is 46.3 Å². The SMILES string of the molecule is CN1C[C@H]2CN(C(=O)c3ccccc3)C[C@@]2(C(=O)N2CCCC2)C1. The highest BCUT2D eigenvalue weighted by Gasteiger charge is 2.58. The molecule has 0 aromatic heterocycles. The second-order valence-electron chi connectivity index (χ2n) is 7.60. The molecule has 0 spiro atoms. The van der Waals surface area contributed by atoms with E-state index in [0.717, 1.165) is 44.6 Å². The molecule has 5 heteroatoms. The third-order valence-corrected chi connectivity index (χ3v) is 5.91. The number of amides is 2. The lowest BCUT2D eigenvalue weighted by atomic mass is 9.79. The molecule has 1 aromatic rings. The summed E-state index contributed by atoms with van der Waals surface area (Å²) in [4.78, 5) is 32.3. The Bertz CT molecular complexity index is 641. The van der Waals surface area contributed by atoms with Crippen molar-refractivity contribution in [1.82, 2.24) is 14.7 Å². The van der Waals surface area contributed by atoms with Gasteiger partial charge in [-0.2, -0.15) is 0 Å². The molecule has 0 N–H and O–H groups in total. The van der Waals surface area contributed by atoms with Crippen molar-refractivity contribution in [3.8, 4) is 0 Å². The van der Waals surface area contributed by atoms with Gasteiger partial charge in [-0.3, -0.25) is 9.59 Å². The molecule has 5 nitrogen and oxygen atoms in total. The van der Waals surface area contributed by atoms with E-state index in [1.165, 1.54) is 0 Å². The van der Waals surface area contributed by atoms with Gasteiger partial charge < -0.3 is 14.7 Å². The summed E-state index contributed by atoms with van der Waals surface area (Å²) in [6.07, 6.45) is 2.21. The molecule has 0 aliphatic carbocycles. The van der Waals surface area contributed by atoms with E-state index < -0.39 is 5.41 Å². The molecule has 0 bridgehead atoms. The molecule has 2 atom stereocenters. The van der Waals surface area contributed by atoms with Gasteiger partial charge >= 0.3 is 0 Å². The van der Waals surface area contributed by atoms with E-state index >= 15 is 0 Å². The van der Waals surface area contributed by atoms with Gasteiger partial charge in [-0.15, -0.1) is 0 Å². The molecule has 24 heavy (non-hydrogen) atoms. The Morgan fingerprint density at radius 2 is 1.71 bits per heavy atom. The topological polar surface area (TPSA) is 43.9 Å². The fourth-order valence-corrected chi connectivity index (χ4v) is 4.77. The van der Waals surface area contributed by atoms with Crippen LogP contribution < -0.4 is 0 Å². The number of rotatable bonds is 2. The quantitative estimate of drug-likeness (QED) is 0.823. The average Bonchev–Trinajstić information content (AvgIpc) is 3.28. The van der Waals surface area contributed by atoms with Crippen LogP contribution in [-0.4, -0.2) is 72.8 Å². The van der Waals surface area contributed by atoms with E-state index in [4.69, 9.17) is 0 Å². The van der Waals surface area contributed by atoms with Gasteiger partial charge in [0.2, 0.25) is 5.91 Å². The van der Waals surface area contributed by atoms with Gasteiger partial charge in [0.1, 0.15) is 0 Å². The Balaban J connectivity index is 1.58. The van der Waals surface area contributed by atoms with Crippen LogP contribution in [-0.2, 0) is 4.79 Å². The number of hydrogen-bond donors (Lipinski definition) is 0. The van der Waals surface area contributed by atoms with Gasteiger partial charge in [0.25, 0.3) is 5.91 Å². The van der Waals surface area contributed by atoms with Gasteiger partial charge in [0.15, 0.2) is 0 Å². The predicted molar refractivity (Wildman–Crippen MR) is 91.6 cm³/mol. The highest BCUT2D eigenvalue weighted by atomic mass is 16.2. The molecule has 3 aliphatic heterocycles. The van der Waals surface area contributed by atoms with Crippen molar-refractivity contribution < 1.29 is 9.59 Å². The van der Waals surface area contributed by atoms with E-state index in [9.17, 15) is 9.59 Å². The summed E-state index contributed by atoms with van der Waals surface area (Å²) in [5, 5.41) is 0. The molecular weight excluding hydrogens is 302 g/mol. The third kappa shape index (κ3) is 2.42. The number of hydrogen-bond acceptors (Lipinski definition) is 3. The van der Waals surface area contributed by atoms with E-state index in [1.807, 2.05) is 40.1 Å². The van der Waals surface area contributed by atoms with Gasteiger partial charge in [-0.25, -0.2) is 0 Å². The lowest BCUT2D eigenvalue weighted by Gasteiger charge is -2.32. The molecule has 1 aromatic carbocycles. The van der Waals surface area contributed by atoms with Gasteiger partial charge in [-0.1, -0.05) is 18.2 Å². The maximum Gasteiger partial charge on any atom is 0.253 e. The minimum atomic E-state index is -0.399. The van der Waals surface area contributed by atoms with Gasteiger partial charge in [-0.05, 0) is 32.0 Å². The number of fused-ring (bicyclic) bond motifs is 1. The van der Waals surface area contributed by atoms with E-state index in [2.05, 4.69) is 11.9 Å². The summed E-state index contributed by atoms with van der Waals surface area (Å²) in [5.41, 5.74) is 0.318. The highest BCUT2D eigenvalue weighted by Crippen LogP contribution is 2.44. The Hall–Kier alpha value is -1.88. The third-order valence-electron chi connectivity index (χ3n) is 5.91. The zero-order valence-corrected chi connectivity index (χ0v) is 14.3. The Morgan fingerprint density at radius 3 is 2.42 bits per heavy atom. The van der Waals surface area contributed by atoms with Gasteiger partial charge in [0, 0.05) is 50.7 Å². The van der Waals surface area contributed by atoms with Crippen molar-refractivity contribution in [3.05, 3.63) is 35.9 Å². The molecule has 3 fully saturated rings. The minimum absolute atomic E-state index is 0.0567. The van der Waals surface area contributed by atoms with Crippen LogP contribution in [0.25, 0.3) is 0 Å². The van der Waals surface area contributed by atoms with Crippen LogP contribution in [0.4, 0.5) is 0 Å². The summed E-state index contributed by atoms with van der Waals surface area (Å²) < 4.78 is 0. The van der Waals surface area contributed by atoms with Crippen molar-refractivity contribution in [2.24, 2.45) is 11.3 Å². The van der Waals surface area contributed by atoms with Crippen molar-refractivity contribution >= 4 is 11.8 Å². The summed E-state index contributed by atoms with van der Waals surface area (Å²) in [5.74, 6) is 0.585. The molecule has 0 saturated carbocycles. The first-order valence-corrected chi connectivity index (χ1v) is 8.92. The highest BCUT2D eigenvalue weighted by molar-refractivity contribution is 5.95. The van der Waals surface area contributed by atoms with Crippen LogP contribution in [0, 0.1) is 11.3 Å². The number of likely N-dealkylation sites (tertiary alicyclic amines) is 3. The molecular formula is C19H25N3O2. The number of carbonyl (C=O) groups excluding carboxylic acids is 2. The van der Waals surface area contributed by atoms with Crippen molar-refractivity contribution in [1.29, 1.82) is 0 Å². The van der Waals surface area contributed by atoms with Crippen LogP contribution in [0.1, 0.15) is 23.2 Å². The Labute approximate surface area is 143 Å². The standard InChI is InChI=1S/C19H25N3O2/c1-20-11-16-12-22(17(23)15-7-3-2-4-8-15)14-19(16,13-20)18(24)21-9-5-6-10-21/h2-4,7-8,16H,5-6,9-14H2,1H3/t16-,19-/m0/s1. The van der Waals surface area contributed by atoms with Crippen molar-refractivity contribution in [3.63, 3.8) is 0 Å². The number of carbonyl (C=O) groups is 2. The normalized spacial score (nSPS) is 30.0. The summed E-state index contributed by atoms with van der Waals surface area (Å²) in [6.45, 7) is 4.68. The largest absolute Gasteiger partial charge is 0.342 e. The predicted octanol–water partition coefficient (Wildman–Crippen LogP) is 1.31. The molecule has 3 aliphatic rings.